The van der Waals surface area contributed by atoms with Gasteiger partial charge in [-0.05, 0) is 69.7 Å². The normalized spacial score (nSPS) is 10.7. The first-order valence-corrected chi connectivity index (χ1v) is 9.31. The molecule has 0 saturated heterocycles. The summed E-state index contributed by atoms with van der Waals surface area (Å²) < 4.78 is 0. The summed E-state index contributed by atoms with van der Waals surface area (Å²) in [6, 6.07) is 15.4. The van der Waals surface area contributed by atoms with E-state index in [2.05, 4.69) is 42.4 Å². The van der Waals surface area contributed by atoms with Crippen LogP contribution in [0.15, 0.2) is 48.5 Å². The Balaban J connectivity index is 1.79. The van der Waals surface area contributed by atoms with Crippen LogP contribution in [0.2, 0.25) is 0 Å². The molecule has 3 aromatic rings. The standard InChI is InChI=1S/C22H26N4O/c1-5-26(6-2)21-13-16(4)19-14-18(11-12-20(19)25-21)24-22(27)23-17-9-7-15(3)8-10-17/h7-14H,5-6H2,1-4H3,(H2,23,24,27). The van der Waals surface area contributed by atoms with Crippen molar-refractivity contribution in [3.8, 4) is 0 Å². The molecule has 27 heavy (non-hydrogen) atoms. The van der Waals surface area contributed by atoms with E-state index < -0.39 is 0 Å². The number of aromatic nitrogens is 1. The van der Waals surface area contributed by atoms with Gasteiger partial charge >= 0.3 is 6.03 Å². The lowest BCUT2D eigenvalue weighted by Gasteiger charge is -2.21. The first-order valence-electron chi connectivity index (χ1n) is 9.31. The van der Waals surface area contributed by atoms with Crippen molar-refractivity contribution in [3.63, 3.8) is 0 Å². The molecule has 1 heterocycles. The molecule has 5 heteroatoms. The molecule has 0 fully saturated rings. The van der Waals surface area contributed by atoms with Crippen molar-refractivity contribution in [2.75, 3.05) is 28.6 Å². The summed E-state index contributed by atoms with van der Waals surface area (Å²) in [5.74, 6) is 0.989. The number of pyridine rings is 1. The highest BCUT2D eigenvalue weighted by atomic mass is 16.2. The summed E-state index contributed by atoms with van der Waals surface area (Å²) >= 11 is 0. The van der Waals surface area contributed by atoms with E-state index in [1.165, 1.54) is 0 Å². The molecule has 0 aliphatic rings. The van der Waals surface area contributed by atoms with Gasteiger partial charge in [-0.2, -0.15) is 0 Å². The molecule has 1 aromatic heterocycles. The number of carbonyl (C=O) groups is 1. The van der Waals surface area contributed by atoms with Crippen LogP contribution in [0.4, 0.5) is 22.0 Å². The van der Waals surface area contributed by atoms with Crippen molar-refractivity contribution in [2.24, 2.45) is 0 Å². The Morgan fingerprint density at radius 2 is 1.56 bits per heavy atom. The van der Waals surface area contributed by atoms with E-state index in [0.29, 0.717) is 0 Å². The molecule has 0 spiro atoms. The zero-order valence-corrected chi connectivity index (χ0v) is 16.3. The highest BCUT2D eigenvalue weighted by Gasteiger charge is 2.09. The lowest BCUT2D eigenvalue weighted by molar-refractivity contribution is 0.262. The number of hydrogen-bond donors (Lipinski definition) is 2. The molecule has 0 atom stereocenters. The van der Waals surface area contributed by atoms with Gasteiger partial charge < -0.3 is 15.5 Å². The van der Waals surface area contributed by atoms with E-state index in [0.717, 1.165) is 52.3 Å². The summed E-state index contributed by atoms with van der Waals surface area (Å²) in [7, 11) is 0. The maximum atomic E-state index is 12.3. The van der Waals surface area contributed by atoms with Crippen LogP contribution in [0.1, 0.15) is 25.0 Å². The van der Waals surface area contributed by atoms with E-state index in [9.17, 15) is 4.79 Å². The first-order chi connectivity index (χ1) is 13.0. The minimum absolute atomic E-state index is 0.261. The largest absolute Gasteiger partial charge is 0.357 e. The second-order valence-electron chi connectivity index (χ2n) is 6.65. The van der Waals surface area contributed by atoms with Crippen LogP contribution in [0.5, 0.6) is 0 Å². The maximum absolute atomic E-state index is 12.3. The maximum Gasteiger partial charge on any atom is 0.323 e. The minimum Gasteiger partial charge on any atom is -0.357 e. The molecule has 2 N–H and O–H groups in total. The van der Waals surface area contributed by atoms with Crippen LogP contribution < -0.4 is 15.5 Å². The van der Waals surface area contributed by atoms with Gasteiger partial charge in [-0.25, -0.2) is 9.78 Å². The highest BCUT2D eigenvalue weighted by Crippen LogP contribution is 2.25. The number of amides is 2. The Kier molecular flexibility index (Phi) is 5.60. The number of anilines is 3. The van der Waals surface area contributed by atoms with Crippen LogP contribution in [0.3, 0.4) is 0 Å². The van der Waals surface area contributed by atoms with Gasteiger partial charge in [0.15, 0.2) is 0 Å². The van der Waals surface area contributed by atoms with Crippen molar-refractivity contribution in [3.05, 3.63) is 59.7 Å². The topological polar surface area (TPSA) is 57.3 Å². The van der Waals surface area contributed by atoms with Gasteiger partial charge in [0.05, 0.1) is 5.52 Å². The molecule has 0 radical (unpaired) electrons. The Hall–Kier alpha value is -3.08. The first kappa shape index (κ1) is 18.7. The van der Waals surface area contributed by atoms with Crippen LogP contribution in [-0.4, -0.2) is 24.1 Å². The van der Waals surface area contributed by atoms with Crippen molar-refractivity contribution in [1.29, 1.82) is 0 Å². The van der Waals surface area contributed by atoms with E-state index in [-0.39, 0.29) is 6.03 Å². The number of aryl methyl sites for hydroxylation is 2. The number of rotatable bonds is 5. The molecule has 0 bridgehead atoms. The Morgan fingerprint density at radius 1 is 0.926 bits per heavy atom. The Bertz CT molecular complexity index is 946. The number of nitrogens with zero attached hydrogens (tertiary/aromatic N) is 2. The third kappa shape index (κ3) is 4.37. The highest BCUT2D eigenvalue weighted by molar-refractivity contribution is 6.01. The molecule has 0 saturated carbocycles. The number of carbonyl (C=O) groups excluding carboxylic acids is 1. The molecule has 140 valence electrons. The third-order valence-electron chi connectivity index (χ3n) is 4.66. The second kappa shape index (κ2) is 8.08. The van der Waals surface area contributed by atoms with Crippen LogP contribution >= 0.6 is 0 Å². The smallest absolute Gasteiger partial charge is 0.323 e. The zero-order valence-electron chi connectivity index (χ0n) is 16.3. The van der Waals surface area contributed by atoms with Crippen molar-refractivity contribution < 1.29 is 4.79 Å². The molecule has 2 amide bonds. The molecular formula is C22H26N4O. The lowest BCUT2D eigenvalue weighted by Crippen LogP contribution is -2.23. The average Bonchev–Trinajstić information content (AvgIpc) is 2.65. The Morgan fingerprint density at radius 3 is 2.22 bits per heavy atom. The third-order valence-corrected chi connectivity index (χ3v) is 4.66. The van der Waals surface area contributed by atoms with Gasteiger partial charge in [0, 0.05) is 29.9 Å². The second-order valence-corrected chi connectivity index (χ2v) is 6.65. The Labute approximate surface area is 160 Å². The number of urea groups is 1. The minimum atomic E-state index is -0.261. The van der Waals surface area contributed by atoms with Crippen molar-refractivity contribution in [2.45, 2.75) is 27.7 Å². The van der Waals surface area contributed by atoms with E-state index in [1.54, 1.807) is 0 Å². The SMILES string of the molecule is CCN(CC)c1cc(C)c2cc(NC(=O)Nc3ccc(C)cc3)ccc2n1. The average molecular weight is 362 g/mol. The molecule has 0 unspecified atom stereocenters. The number of nitrogens with one attached hydrogen (secondary N) is 2. The summed E-state index contributed by atoms with van der Waals surface area (Å²) in [6.07, 6.45) is 0. The summed E-state index contributed by atoms with van der Waals surface area (Å²) in [5.41, 5.74) is 4.74. The predicted molar refractivity (Wildman–Crippen MR) is 114 cm³/mol. The molecule has 2 aromatic carbocycles. The lowest BCUT2D eigenvalue weighted by atomic mass is 10.1. The number of fused-ring (bicyclic) bond motifs is 1. The molecule has 0 aliphatic heterocycles. The van der Waals surface area contributed by atoms with Crippen LogP contribution in [-0.2, 0) is 0 Å². The summed E-state index contributed by atoms with van der Waals surface area (Å²) in [5, 5.41) is 6.78. The predicted octanol–water partition coefficient (Wildman–Crippen LogP) is 5.34. The number of hydrogen-bond acceptors (Lipinski definition) is 3. The fourth-order valence-electron chi connectivity index (χ4n) is 3.09. The summed E-state index contributed by atoms with van der Waals surface area (Å²) in [6.45, 7) is 10.2. The van der Waals surface area contributed by atoms with Gasteiger partial charge in [-0.15, -0.1) is 0 Å². The van der Waals surface area contributed by atoms with Gasteiger partial charge in [-0.3, -0.25) is 0 Å². The fourth-order valence-corrected chi connectivity index (χ4v) is 3.09. The van der Waals surface area contributed by atoms with Crippen LogP contribution in [0, 0.1) is 13.8 Å². The fraction of sp³-hybridized carbons (Fsp3) is 0.273. The van der Waals surface area contributed by atoms with Gasteiger partial charge in [0.2, 0.25) is 0 Å². The van der Waals surface area contributed by atoms with Crippen LogP contribution in [0.25, 0.3) is 10.9 Å². The monoisotopic (exact) mass is 362 g/mol. The zero-order chi connectivity index (χ0) is 19.4. The summed E-state index contributed by atoms with van der Waals surface area (Å²) in [4.78, 5) is 19.3. The van der Waals surface area contributed by atoms with Crippen molar-refractivity contribution in [1.82, 2.24) is 4.98 Å². The number of benzene rings is 2. The molecular weight excluding hydrogens is 336 g/mol. The van der Waals surface area contributed by atoms with Gasteiger partial charge in [0.1, 0.15) is 5.82 Å². The quantitative estimate of drug-likeness (QED) is 0.644. The van der Waals surface area contributed by atoms with E-state index in [4.69, 9.17) is 4.98 Å². The molecule has 3 rings (SSSR count). The molecule has 5 nitrogen and oxygen atoms in total. The van der Waals surface area contributed by atoms with E-state index in [1.807, 2.05) is 49.4 Å². The molecule has 0 aliphatic carbocycles. The van der Waals surface area contributed by atoms with E-state index >= 15 is 0 Å². The van der Waals surface area contributed by atoms with Crippen molar-refractivity contribution >= 4 is 34.1 Å². The van der Waals surface area contributed by atoms with Gasteiger partial charge in [-0.1, -0.05) is 17.7 Å². The van der Waals surface area contributed by atoms with Gasteiger partial charge in [0.25, 0.3) is 0 Å².